The number of benzene rings is 10. The highest BCUT2D eigenvalue weighted by molar-refractivity contribution is 6.05. The van der Waals surface area contributed by atoms with E-state index in [-0.39, 0.29) is 0 Å². The largest absolute Gasteiger partial charge is 0.457 e. The third-order valence-electron chi connectivity index (χ3n) is 12.5. The van der Waals surface area contributed by atoms with Crippen LogP contribution in [0.5, 0.6) is 11.5 Å². The number of anilines is 3. The summed E-state index contributed by atoms with van der Waals surface area (Å²) in [6.45, 7) is 0. The maximum Gasteiger partial charge on any atom is 0.132 e. The van der Waals surface area contributed by atoms with Gasteiger partial charge in [0.1, 0.15) is 11.5 Å². The maximum atomic E-state index is 6.71. The van der Waals surface area contributed by atoms with E-state index < -0.39 is 5.41 Å². The van der Waals surface area contributed by atoms with Crippen molar-refractivity contribution in [3.05, 3.63) is 247 Å². The number of hydrogen-bond donors (Lipinski definition) is 0. The smallest absolute Gasteiger partial charge is 0.132 e. The van der Waals surface area contributed by atoms with Crippen LogP contribution in [0.1, 0.15) is 22.3 Å². The molecular formula is C57H37NO. The van der Waals surface area contributed by atoms with Gasteiger partial charge in [-0.15, -0.1) is 0 Å². The summed E-state index contributed by atoms with van der Waals surface area (Å²) >= 11 is 0. The fourth-order valence-electron chi connectivity index (χ4n) is 9.85. The van der Waals surface area contributed by atoms with E-state index in [0.717, 1.165) is 39.7 Å². The minimum atomic E-state index is -0.598. The number of para-hydroxylation sites is 2. The highest BCUT2D eigenvalue weighted by atomic mass is 16.5. The fourth-order valence-corrected chi connectivity index (χ4v) is 9.85. The molecule has 0 saturated heterocycles. The molecule has 12 rings (SSSR count). The predicted octanol–water partition coefficient (Wildman–Crippen LogP) is 15.3. The molecule has 1 heterocycles. The molecule has 2 heteroatoms. The lowest BCUT2D eigenvalue weighted by Crippen LogP contribution is -2.32. The Bertz CT molecular complexity index is 3190. The topological polar surface area (TPSA) is 12.5 Å². The zero-order valence-electron chi connectivity index (χ0n) is 32.2. The summed E-state index contributed by atoms with van der Waals surface area (Å²) in [5, 5.41) is 4.98. The van der Waals surface area contributed by atoms with Gasteiger partial charge < -0.3 is 9.64 Å². The van der Waals surface area contributed by atoms with Crippen LogP contribution in [0.15, 0.2) is 224 Å². The van der Waals surface area contributed by atoms with Gasteiger partial charge in [-0.3, -0.25) is 0 Å². The zero-order chi connectivity index (χ0) is 38.9. The number of nitrogens with zero attached hydrogens (tertiary/aromatic N) is 1. The van der Waals surface area contributed by atoms with Crippen LogP contribution in [0.4, 0.5) is 17.1 Å². The van der Waals surface area contributed by atoms with Crippen molar-refractivity contribution in [2.24, 2.45) is 0 Å². The number of ether oxygens (including phenoxy) is 1. The summed E-state index contributed by atoms with van der Waals surface area (Å²) in [5.74, 6) is 1.78. The molecule has 0 radical (unpaired) electrons. The average molecular weight is 752 g/mol. The first kappa shape index (κ1) is 33.5. The molecule has 2 nitrogen and oxygen atoms in total. The molecule has 0 atom stereocenters. The molecule has 2 aliphatic rings. The second kappa shape index (κ2) is 13.2. The number of hydrogen-bond acceptors (Lipinski definition) is 2. The maximum absolute atomic E-state index is 6.71. The number of fused-ring (bicyclic) bond motifs is 12. The Labute approximate surface area is 343 Å². The molecule has 1 spiro atoms. The Morgan fingerprint density at radius 3 is 1.56 bits per heavy atom. The van der Waals surface area contributed by atoms with Crippen LogP contribution >= 0.6 is 0 Å². The van der Waals surface area contributed by atoms with Crippen LogP contribution in [0.25, 0.3) is 54.9 Å². The van der Waals surface area contributed by atoms with Crippen LogP contribution in [-0.4, -0.2) is 0 Å². The molecule has 0 N–H and O–H groups in total. The lowest BCUT2D eigenvalue weighted by atomic mass is 9.66. The lowest BCUT2D eigenvalue weighted by Gasteiger charge is -2.39. The molecule has 0 aromatic heterocycles. The Morgan fingerprint density at radius 2 is 0.847 bits per heavy atom. The van der Waals surface area contributed by atoms with E-state index in [2.05, 4.69) is 229 Å². The zero-order valence-corrected chi connectivity index (χ0v) is 32.2. The summed E-state index contributed by atoms with van der Waals surface area (Å²) in [6.07, 6.45) is 0. The van der Waals surface area contributed by atoms with Gasteiger partial charge in [-0.05, 0) is 121 Å². The normalized spacial score (nSPS) is 13.0. The highest BCUT2D eigenvalue weighted by Crippen LogP contribution is 2.63. The molecule has 0 unspecified atom stereocenters. The van der Waals surface area contributed by atoms with Gasteiger partial charge in [0.25, 0.3) is 0 Å². The van der Waals surface area contributed by atoms with Gasteiger partial charge in [-0.1, -0.05) is 170 Å². The van der Waals surface area contributed by atoms with Gasteiger partial charge in [-0.2, -0.15) is 0 Å². The standard InChI is InChI=1S/C57H37NO/c1-2-12-38(13-3-1)40-24-29-45(30-25-40)58(46-31-26-41(27-32-46)44-23-22-39-14-4-5-16-43(39)36-44)47-33-34-49-53(37-47)57(52-35-28-42-15-6-7-17-48(42)56(49)52)50-18-8-10-20-54(50)59-55-21-11-9-19-51(55)57/h1-37H. The first-order chi connectivity index (χ1) is 29.2. The third-order valence-corrected chi connectivity index (χ3v) is 12.5. The van der Waals surface area contributed by atoms with Crippen molar-refractivity contribution >= 4 is 38.6 Å². The van der Waals surface area contributed by atoms with E-state index in [4.69, 9.17) is 4.74 Å². The van der Waals surface area contributed by atoms with Crippen molar-refractivity contribution in [2.75, 3.05) is 4.90 Å². The predicted molar refractivity (Wildman–Crippen MR) is 244 cm³/mol. The van der Waals surface area contributed by atoms with Gasteiger partial charge in [0.05, 0.1) is 5.41 Å². The summed E-state index contributed by atoms with van der Waals surface area (Å²) in [6, 6.07) is 81.7. The molecule has 0 bridgehead atoms. The molecule has 59 heavy (non-hydrogen) atoms. The van der Waals surface area contributed by atoms with Crippen LogP contribution in [-0.2, 0) is 5.41 Å². The molecule has 0 saturated carbocycles. The van der Waals surface area contributed by atoms with Gasteiger partial charge >= 0.3 is 0 Å². The van der Waals surface area contributed by atoms with Crippen molar-refractivity contribution in [3.8, 4) is 44.9 Å². The van der Waals surface area contributed by atoms with Crippen molar-refractivity contribution in [3.63, 3.8) is 0 Å². The number of rotatable bonds is 5. The first-order valence-electron chi connectivity index (χ1n) is 20.3. The first-order valence-corrected chi connectivity index (χ1v) is 20.3. The Kier molecular flexibility index (Phi) is 7.48. The van der Waals surface area contributed by atoms with Gasteiger partial charge in [0.15, 0.2) is 0 Å². The van der Waals surface area contributed by atoms with E-state index >= 15 is 0 Å². The Morgan fingerprint density at radius 1 is 0.322 bits per heavy atom. The second-order valence-corrected chi connectivity index (χ2v) is 15.6. The van der Waals surface area contributed by atoms with E-state index in [0.29, 0.717) is 0 Å². The molecular weight excluding hydrogens is 715 g/mol. The van der Waals surface area contributed by atoms with Gasteiger partial charge in [-0.25, -0.2) is 0 Å². The van der Waals surface area contributed by atoms with Gasteiger partial charge in [0, 0.05) is 28.2 Å². The molecule has 10 aromatic rings. The monoisotopic (exact) mass is 751 g/mol. The van der Waals surface area contributed by atoms with Crippen LogP contribution in [0.2, 0.25) is 0 Å². The van der Waals surface area contributed by atoms with Crippen molar-refractivity contribution in [1.29, 1.82) is 0 Å². The Balaban J connectivity index is 1.08. The second-order valence-electron chi connectivity index (χ2n) is 15.6. The molecule has 10 aromatic carbocycles. The molecule has 276 valence electrons. The third kappa shape index (κ3) is 5.13. The summed E-state index contributed by atoms with van der Waals surface area (Å²) in [5.41, 5.74) is 14.8. The molecule has 0 fully saturated rings. The van der Waals surface area contributed by atoms with Gasteiger partial charge in [0.2, 0.25) is 0 Å². The van der Waals surface area contributed by atoms with Crippen LogP contribution in [0.3, 0.4) is 0 Å². The summed E-state index contributed by atoms with van der Waals surface area (Å²) in [7, 11) is 0. The molecule has 1 aliphatic carbocycles. The summed E-state index contributed by atoms with van der Waals surface area (Å²) in [4.78, 5) is 2.41. The lowest BCUT2D eigenvalue weighted by molar-refractivity contribution is 0.436. The highest BCUT2D eigenvalue weighted by Gasteiger charge is 2.51. The van der Waals surface area contributed by atoms with E-state index in [1.165, 1.54) is 66.1 Å². The van der Waals surface area contributed by atoms with Crippen molar-refractivity contribution < 1.29 is 4.74 Å². The van der Waals surface area contributed by atoms with E-state index in [9.17, 15) is 0 Å². The molecule has 0 amide bonds. The minimum absolute atomic E-state index is 0.598. The average Bonchev–Trinajstić information content (AvgIpc) is 3.60. The minimum Gasteiger partial charge on any atom is -0.457 e. The van der Waals surface area contributed by atoms with Crippen molar-refractivity contribution in [2.45, 2.75) is 5.41 Å². The molecule has 1 aliphatic heterocycles. The van der Waals surface area contributed by atoms with E-state index in [1.54, 1.807) is 0 Å². The Hall–Kier alpha value is -7.68. The summed E-state index contributed by atoms with van der Waals surface area (Å²) < 4.78 is 6.71. The SMILES string of the molecule is c1ccc(-c2ccc(N(c3ccc(-c4ccc5ccccc5c4)cc3)c3ccc4c(c3)C3(c5ccccc5Oc5ccccc53)c3ccc5ccccc5c3-4)cc2)cc1. The van der Waals surface area contributed by atoms with Crippen LogP contribution in [0, 0.1) is 0 Å². The van der Waals surface area contributed by atoms with Crippen molar-refractivity contribution in [1.82, 2.24) is 0 Å². The quantitative estimate of drug-likeness (QED) is 0.174. The fraction of sp³-hybridized carbons (Fsp3) is 0.0175. The van der Waals surface area contributed by atoms with Crippen LogP contribution < -0.4 is 9.64 Å². The van der Waals surface area contributed by atoms with E-state index in [1.807, 2.05) is 0 Å².